The van der Waals surface area contributed by atoms with Gasteiger partial charge in [0.1, 0.15) is 6.04 Å². The van der Waals surface area contributed by atoms with E-state index in [9.17, 15) is 4.79 Å². The maximum atomic E-state index is 13.2. The first-order chi connectivity index (χ1) is 15.1. The molecule has 3 aliphatic rings. The second-order valence-corrected chi connectivity index (χ2v) is 9.79. The van der Waals surface area contributed by atoms with Gasteiger partial charge < -0.3 is 10.2 Å². The fourth-order valence-electron chi connectivity index (χ4n) is 5.75. The van der Waals surface area contributed by atoms with Crippen LogP contribution in [0.1, 0.15) is 47.4 Å². The molecule has 6 heteroatoms. The fourth-order valence-corrected chi connectivity index (χ4v) is 5.75. The molecule has 31 heavy (non-hydrogen) atoms. The predicted molar refractivity (Wildman–Crippen MR) is 121 cm³/mol. The Bertz CT molecular complexity index is 920. The number of hydrogen-bond acceptors (Lipinski definition) is 5. The lowest BCUT2D eigenvalue weighted by Crippen LogP contribution is -2.49. The Morgan fingerprint density at radius 3 is 2.65 bits per heavy atom. The molecule has 1 saturated carbocycles. The van der Waals surface area contributed by atoms with Crippen molar-refractivity contribution in [3.8, 4) is 0 Å². The number of hydrogen-bond donors (Lipinski definition) is 3. The van der Waals surface area contributed by atoms with Gasteiger partial charge in [0.25, 0.3) is 0 Å². The van der Waals surface area contributed by atoms with Gasteiger partial charge in [0.15, 0.2) is 0 Å². The molecule has 1 aromatic heterocycles. The minimum absolute atomic E-state index is 0.137. The lowest BCUT2D eigenvalue weighted by molar-refractivity contribution is -0.124. The Hall–Kier alpha value is -2.28. The Morgan fingerprint density at radius 2 is 1.90 bits per heavy atom. The molecule has 1 aromatic carbocycles. The number of benzene rings is 1. The Labute approximate surface area is 184 Å². The summed E-state index contributed by atoms with van der Waals surface area (Å²) in [7, 11) is 4.17. The van der Waals surface area contributed by atoms with E-state index in [2.05, 4.69) is 70.5 Å². The van der Waals surface area contributed by atoms with Crippen LogP contribution < -0.4 is 16.2 Å². The van der Waals surface area contributed by atoms with Gasteiger partial charge in [-0.3, -0.25) is 15.2 Å². The number of aromatic nitrogens is 1. The summed E-state index contributed by atoms with van der Waals surface area (Å²) in [6.07, 6.45) is 9.08. The minimum atomic E-state index is -0.172. The highest BCUT2D eigenvalue weighted by atomic mass is 16.2. The average molecular weight is 420 g/mol. The van der Waals surface area contributed by atoms with E-state index in [4.69, 9.17) is 0 Å². The summed E-state index contributed by atoms with van der Waals surface area (Å²) in [5, 5.41) is 3.33. The molecular weight excluding hydrogens is 386 g/mol. The average Bonchev–Trinajstić information content (AvgIpc) is 3.36. The quantitative estimate of drug-likeness (QED) is 0.693. The summed E-state index contributed by atoms with van der Waals surface area (Å²) < 4.78 is 0. The smallest absolute Gasteiger partial charge is 0.239 e. The fraction of sp³-hybridized carbons (Fsp3) is 0.520. The first-order valence-electron chi connectivity index (χ1n) is 11.5. The zero-order valence-corrected chi connectivity index (χ0v) is 18.5. The van der Waals surface area contributed by atoms with E-state index in [1.807, 2.05) is 12.4 Å². The lowest BCUT2D eigenvalue weighted by atomic mass is 9.73. The van der Waals surface area contributed by atoms with Gasteiger partial charge in [-0.05, 0) is 74.4 Å². The van der Waals surface area contributed by atoms with Gasteiger partial charge in [-0.25, -0.2) is 5.43 Å². The predicted octanol–water partition coefficient (Wildman–Crippen LogP) is 2.16. The molecular formula is C25H33N5O. The largest absolute Gasteiger partial charge is 0.351 e. The van der Waals surface area contributed by atoms with Crippen LogP contribution in [0.2, 0.25) is 0 Å². The van der Waals surface area contributed by atoms with Crippen molar-refractivity contribution in [2.75, 3.05) is 14.1 Å². The molecule has 5 rings (SSSR count). The summed E-state index contributed by atoms with van der Waals surface area (Å²) in [5.74, 6) is 0.904. The van der Waals surface area contributed by atoms with Crippen molar-refractivity contribution in [1.82, 2.24) is 26.1 Å². The molecule has 1 saturated heterocycles. The molecule has 0 bridgehead atoms. The second-order valence-electron chi connectivity index (χ2n) is 9.79. The van der Waals surface area contributed by atoms with Crippen molar-refractivity contribution in [2.45, 2.75) is 62.7 Å². The molecule has 2 fully saturated rings. The van der Waals surface area contributed by atoms with E-state index < -0.39 is 0 Å². The lowest BCUT2D eigenvalue weighted by Gasteiger charge is -2.33. The van der Waals surface area contributed by atoms with Crippen LogP contribution in [-0.2, 0) is 24.2 Å². The molecule has 164 valence electrons. The van der Waals surface area contributed by atoms with Crippen LogP contribution in [-0.4, -0.2) is 48.0 Å². The number of nitrogens with zero attached hydrogens (tertiary/aromatic N) is 2. The molecule has 2 aliphatic carbocycles. The molecule has 6 nitrogen and oxygen atoms in total. The number of carbonyl (C=O) groups excluding carboxylic acids is 1. The van der Waals surface area contributed by atoms with Gasteiger partial charge in [0, 0.05) is 36.9 Å². The number of nitrogens with one attached hydrogen (secondary N) is 3. The highest BCUT2D eigenvalue weighted by Gasteiger charge is 2.44. The van der Waals surface area contributed by atoms with E-state index in [0.717, 1.165) is 38.6 Å². The van der Waals surface area contributed by atoms with Gasteiger partial charge in [0.2, 0.25) is 5.91 Å². The van der Waals surface area contributed by atoms with Crippen LogP contribution in [0, 0.1) is 5.92 Å². The van der Waals surface area contributed by atoms with Crippen LogP contribution in [0.3, 0.4) is 0 Å². The van der Waals surface area contributed by atoms with E-state index in [0.29, 0.717) is 17.9 Å². The highest BCUT2D eigenvalue weighted by molar-refractivity contribution is 5.83. The number of hydrazine groups is 1. The van der Waals surface area contributed by atoms with Gasteiger partial charge >= 0.3 is 0 Å². The van der Waals surface area contributed by atoms with Crippen molar-refractivity contribution in [1.29, 1.82) is 0 Å². The number of carbonyl (C=O) groups is 1. The molecule has 3 N–H and O–H groups in total. The molecule has 1 amide bonds. The Kier molecular flexibility index (Phi) is 5.78. The molecule has 1 aliphatic heterocycles. The summed E-state index contributed by atoms with van der Waals surface area (Å²) in [6.45, 7) is 0.900. The van der Waals surface area contributed by atoms with Crippen LogP contribution >= 0.6 is 0 Å². The molecule has 2 heterocycles. The molecule has 0 spiro atoms. The highest BCUT2D eigenvalue weighted by Crippen LogP contribution is 2.39. The van der Waals surface area contributed by atoms with E-state index in [1.54, 1.807) is 0 Å². The van der Waals surface area contributed by atoms with Gasteiger partial charge in [-0.1, -0.05) is 30.3 Å². The maximum Gasteiger partial charge on any atom is 0.239 e. The second kappa shape index (κ2) is 8.69. The van der Waals surface area contributed by atoms with Crippen LogP contribution in [0.5, 0.6) is 0 Å². The first-order valence-corrected chi connectivity index (χ1v) is 11.5. The van der Waals surface area contributed by atoms with Crippen LogP contribution in [0.15, 0.2) is 42.7 Å². The Balaban J connectivity index is 1.24. The van der Waals surface area contributed by atoms with Gasteiger partial charge in [-0.15, -0.1) is 0 Å². The standard InChI is InChI=1S/C25H33N5O/c1-30(2)15-16-9-20(14-26-13-16)19-7-8-23-22(12-19)24(29-28-23)25(31)27-21-10-17-5-3-4-6-18(17)11-21/h3-6,9,13-14,19,21-24,28-29H,7-8,10-12,15H2,1-2H3,(H,27,31). The topological polar surface area (TPSA) is 69.3 Å². The molecule has 2 aromatic rings. The van der Waals surface area contributed by atoms with Crippen LogP contribution in [0.25, 0.3) is 0 Å². The van der Waals surface area contributed by atoms with Crippen molar-refractivity contribution < 1.29 is 4.79 Å². The van der Waals surface area contributed by atoms with Gasteiger partial charge in [-0.2, -0.15) is 0 Å². The third kappa shape index (κ3) is 4.38. The van der Waals surface area contributed by atoms with Gasteiger partial charge in [0.05, 0.1) is 0 Å². The van der Waals surface area contributed by atoms with Crippen molar-refractivity contribution in [3.63, 3.8) is 0 Å². The maximum absolute atomic E-state index is 13.2. The SMILES string of the molecule is CN(C)Cc1cncc(C2CCC3NNC(C(=O)NC4Cc5ccccc5C4)C3C2)c1. The summed E-state index contributed by atoms with van der Waals surface area (Å²) in [4.78, 5) is 19.9. The zero-order valence-electron chi connectivity index (χ0n) is 18.5. The number of fused-ring (bicyclic) bond motifs is 2. The zero-order chi connectivity index (χ0) is 21.4. The van der Waals surface area contributed by atoms with Crippen molar-refractivity contribution in [2.24, 2.45) is 5.92 Å². The number of amides is 1. The molecule has 0 radical (unpaired) electrons. The summed E-state index contributed by atoms with van der Waals surface area (Å²) >= 11 is 0. The third-order valence-electron chi connectivity index (χ3n) is 7.22. The van der Waals surface area contributed by atoms with Crippen molar-refractivity contribution in [3.05, 3.63) is 65.0 Å². The minimum Gasteiger partial charge on any atom is -0.351 e. The first kappa shape index (κ1) is 20.6. The van der Waals surface area contributed by atoms with Crippen molar-refractivity contribution >= 4 is 5.91 Å². The van der Waals surface area contributed by atoms with E-state index in [1.165, 1.54) is 22.3 Å². The number of rotatable bonds is 5. The van der Waals surface area contributed by atoms with Crippen LogP contribution in [0.4, 0.5) is 0 Å². The number of pyridine rings is 1. The van der Waals surface area contributed by atoms with E-state index in [-0.39, 0.29) is 18.0 Å². The Morgan fingerprint density at radius 1 is 1.13 bits per heavy atom. The third-order valence-corrected chi connectivity index (χ3v) is 7.22. The summed E-state index contributed by atoms with van der Waals surface area (Å²) in [5.41, 5.74) is 12.0. The monoisotopic (exact) mass is 419 g/mol. The summed E-state index contributed by atoms with van der Waals surface area (Å²) in [6, 6.07) is 11.2. The van der Waals surface area contributed by atoms with E-state index >= 15 is 0 Å². The molecule has 4 atom stereocenters. The normalized spacial score (nSPS) is 27.8. The molecule has 4 unspecified atom stereocenters.